The van der Waals surface area contributed by atoms with Gasteiger partial charge in [0.1, 0.15) is 0 Å². The number of nitrogens with one attached hydrogen (secondary N) is 2. The largest absolute Gasteiger partial charge is 0.455 e. The summed E-state index contributed by atoms with van der Waals surface area (Å²) < 4.78 is 4.79. The molecule has 0 saturated heterocycles. The van der Waals surface area contributed by atoms with Crippen molar-refractivity contribution in [3.63, 3.8) is 0 Å². The number of benzene rings is 1. The van der Waals surface area contributed by atoms with Crippen LogP contribution in [0.15, 0.2) is 18.2 Å². The molecule has 3 amide bonds. The van der Waals surface area contributed by atoms with E-state index in [1.165, 1.54) is 0 Å². The number of imide groups is 1. The second-order valence-electron chi connectivity index (χ2n) is 5.20. The molecule has 1 saturated carbocycles. The molecule has 0 spiro atoms. The van der Waals surface area contributed by atoms with Crippen LogP contribution in [0.2, 0.25) is 0 Å². The molecule has 21 heavy (non-hydrogen) atoms. The molecule has 0 atom stereocenters. The van der Waals surface area contributed by atoms with Gasteiger partial charge in [0.2, 0.25) is 0 Å². The molecule has 0 unspecified atom stereocenters. The SMILES string of the molecule is Cc1ccc(NC(=O)NC(=O)COC(=O)C2CC2)c(C)c1. The quantitative estimate of drug-likeness (QED) is 0.829. The Labute approximate surface area is 122 Å². The number of amides is 3. The Bertz CT molecular complexity index is 579. The van der Waals surface area contributed by atoms with E-state index in [9.17, 15) is 14.4 Å². The molecule has 112 valence electrons. The number of hydrogen-bond acceptors (Lipinski definition) is 4. The van der Waals surface area contributed by atoms with E-state index in [1.54, 1.807) is 6.07 Å². The fourth-order valence-corrected chi connectivity index (χ4v) is 1.84. The zero-order valence-corrected chi connectivity index (χ0v) is 12.1. The molecule has 2 N–H and O–H groups in total. The maximum absolute atomic E-state index is 11.7. The van der Waals surface area contributed by atoms with Crippen molar-refractivity contribution in [3.8, 4) is 0 Å². The fourth-order valence-electron chi connectivity index (χ4n) is 1.84. The molecule has 0 heterocycles. The van der Waals surface area contributed by atoms with Crippen molar-refractivity contribution in [1.82, 2.24) is 5.32 Å². The summed E-state index contributed by atoms with van der Waals surface area (Å²) in [7, 11) is 0. The third kappa shape index (κ3) is 4.59. The number of esters is 1. The van der Waals surface area contributed by atoms with Gasteiger partial charge < -0.3 is 10.1 Å². The summed E-state index contributed by atoms with van der Waals surface area (Å²) in [5.74, 6) is -1.09. The smallest absolute Gasteiger partial charge is 0.325 e. The summed E-state index contributed by atoms with van der Waals surface area (Å²) in [5.41, 5.74) is 2.61. The molecule has 6 nitrogen and oxygen atoms in total. The van der Waals surface area contributed by atoms with Crippen LogP contribution in [0, 0.1) is 19.8 Å². The first-order valence-corrected chi connectivity index (χ1v) is 6.80. The van der Waals surface area contributed by atoms with E-state index >= 15 is 0 Å². The highest BCUT2D eigenvalue weighted by atomic mass is 16.5. The number of hydrogen-bond donors (Lipinski definition) is 2. The predicted octanol–water partition coefficient (Wildman–Crippen LogP) is 1.90. The van der Waals surface area contributed by atoms with Gasteiger partial charge in [-0.3, -0.25) is 14.9 Å². The highest BCUT2D eigenvalue weighted by Crippen LogP contribution is 2.29. The molecule has 1 fully saturated rings. The Hall–Kier alpha value is -2.37. The summed E-state index contributed by atoms with van der Waals surface area (Å²) in [6, 6.07) is 4.91. The third-order valence-corrected chi connectivity index (χ3v) is 3.14. The standard InChI is InChI=1S/C15H18N2O4/c1-9-3-6-12(10(2)7-9)16-15(20)17-13(18)8-21-14(19)11-4-5-11/h3,6-7,11H,4-5,8H2,1-2H3,(H2,16,17,18,20). The lowest BCUT2D eigenvalue weighted by Gasteiger charge is -2.10. The van der Waals surface area contributed by atoms with Gasteiger partial charge in [-0.05, 0) is 38.3 Å². The van der Waals surface area contributed by atoms with E-state index in [-0.39, 0.29) is 11.9 Å². The van der Waals surface area contributed by atoms with Crippen molar-refractivity contribution in [3.05, 3.63) is 29.3 Å². The van der Waals surface area contributed by atoms with Crippen LogP contribution in [0.3, 0.4) is 0 Å². The summed E-state index contributed by atoms with van der Waals surface area (Å²) in [4.78, 5) is 34.4. The molecule has 1 aromatic carbocycles. The predicted molar refractivity (Wildman–Crippen MR) is 76.8 cm³/mol. The lowest BCUT2D eigenvalue weighted by atomic mass is 10.1. The fraction of sp³-hybridized carbons (Fsp3) is 0.400. The van der Waals surface area contributed by atoms with E-state index in [0.717, 1.165) is 24.0 Å². The van der Waals surface area contributed by atoms with Gasteiger partial charge in [0.25, 0.3) is 5.91 Å². The molecule has 1 aliphatic carbocycles. The number of rotatable bonds is 4. The molecule has 1 aliphatic rings. The second-order valence-corrected chi connectivity index (χ2v) is 5.20. The molecule has 2 rings (SSSR count). The monoisotopic (exact) mass is 290 g/mol. The van der Waals surface area contributed by atoms with Crippen molar-refractivity contribution >= 4 is 23.6 Å². The highest BCUT2D eigenvalue weighted by molar-refractivity contribution is 6.02. The lowest BCUT2D eigenvalue weighted by molar-refractivity contribution is -0.149. The van der Waals surface area contributed by atoms with Gasteiger partial charge in [-0.1, -0.05) is 17.7 Å². The number of anilines is 1. The van der Waals surface area contributed by atoms with Gasteiger partial charge in [-0.15, -0.1) is 0 Å². The van der Waals surface area contributed by atoms with Gasteiger partial charge in [0.15, 0.2) is 6.61 Å². The average Bonchev–Trinajstić information content (AvgIpc) is 3.23. The summed E-state index contributed by atoms with van der Waals surface area (Å²) in [5, 5.41) is 4.70. The lowest BCUT2D eigenvalue weighted by Crippen LogP contribution is -2.37. The van der Waals surface area contributed by atoms with Gasteiger partial charge in [-0.2, -0.15) is 0 Å². The average molecular weight is 290 g/mol. The van der Waals surface area contributed by atoms with E-state index in [2.05, 4.69) is 10.6 Å². The Balaban J connectivity index is 1.77. The molecular weight excluding hydrogens is 272 g/mol. The molecule has 1 aromatic rings. The van der Waals surface area contributed by atoms with Crippen molar-refractivity contribution in [2.45, 2.75) is 26.7 Å². The normalized spacial score (nSPS) is 13.4. The topological polar surface area (TPSA) is 84.5 Å². The van der Waals surface area contributed by atoms with Crippen LogP contribution in [-0.4, -0.2) is 24.5 Å². The molecule has 0 aliphatic heterocycles. The maximum atomic E-state index is 11.7. The van der Waals surface area contributed by atoms with Gasteiger partial charge >= 0.3 is 12.0 Å². The van der Waals surface area contributed by atoms with E-state index in [1.807, 2.05) is 26.0 Å². The number of aryl methyl sites for hydroxylation is 2. The van der Waals surface area contributed by atoms with Crippen LogP contribution in [0.25, 0.3) is 0 Å². The van der Waals surface area contributed by atoms with Crippen LogP contribution in [-0.2, 0) is 14.3 Å². The van der Waals surface area contributed by atoms with Crippen LogP contribution in [0.5, 0.6) is 0 Å². The van der Waals surface area contributed by atoms with Crippen LogP contribution in [0.1, 0.15) is 24.0 Å². The number of urea groups is 1. The minimum absolute atomic E-state index is 0.0677. The first-order valence-electron chi connectivity index (χ1n) is 6.80. The van der Waals surface area contributed by atoms with Crippen LogP contribution in [0.4, 0.5) is 10.5 Å². The molecule has 0 radical (unpaired) electrons. The van der Waals surface area contributed by atoms with Crippen molar-refractivity contribution in [2.24, 2.45) is 5.92 Å². The number of ether oxygens (including phenoxy) is 1. The molecular formula is C15H18N2O4. The minimum atomic E-state index is -0.647. The Morgan fingerprint density at radius 1 is 1.24 bits per heavy atom. The molecule has 0 bridgehead atoms. The van der Waals surface area contributed by atoms with E-state index in [0.29, 0.717) is 5.69 Å². The van der Waals surface area contributed by atoms with Crippen molar-refractivity contribution in [2.75, 3.05) is 11.9 Å². The molecule has 6 heteroatoms. The van der Waals surface area contributed by atoms with Gasteiger partial charge in [-0.25, -0.2) is 4.79 Å². The van der Waals surface area contributed by atoms with Gasteiger partial charge in [0.05, 0.1) is 5.92 Å². The first kappa shape index (κ1) is 15.0. The van der Waals surface area contributed by atoms with E-state index < -0.39 is 18.5 Å². The van der Waals surface area contributed by atoms with E-state index in [4.69, 9.17) is 4.74 Å². The van der Waals surface area contributed by atoms with Crippen LogP contribution < -0.4 is 10.6 Å². The Morgan fingerprint density at radius 2 is 1.95 bits per heavy atom. The number of carbonyl (C=O) groups is 3. The first-order chi connectivity index (χ1) is 9.95. The summed E-state index contributed by atoms with van der Waals surface area (Å²) >= 11 is 0. The molecule has 0 aromatic heterocycles. The zero-order chi connectivity index (χ0) is 15.4. The number of carbonyl (C=O) groups excluding carboxylic acids is 3. The zero-order valence-electron chi connectivity index (χ0n) is 12.1. The van der Waals surface area contributed by atoms with Gasteiger partial charge in [0, 0.05) is 5.69 Å². The highest BCUT2D eigenvalue weighted by Gasteiger charge is 2.31. The van der Waals surface area contributed by atoms with Crippen molar-refractivity contribution in [1.29, 1.82) is 0 Å². The second kappa shape index (κ2) is 6.39. The van der Waals surface area contributed by atoms with Crippen LogP contribution >= 0.6 is 0 Å². The Kier molecular flexibility index (Phi) is 4.57. The summed E-state index contributed by atoms with van der Waals surface area (Å²) in [6.07, 6.45) is 1.63. The van der Waals surface area contributed by atoms with Crippen molar-refractivity contribution < 1.29 is 19.1 Å². The maximum Gasteiger partial charge on any atom is 0.325 e. The minimum Gasteiger partial charge on any atom is -0.455 e. The summed E-state index contributed by atoms with van der Waals surface area (Å²) in [6.45, 7) is 3.38. The Morgan fingerprint density at radius 3 is 2.57 bits per heavy atom. The third-order valence-electron chi connectivity index (χ3n) is 3.14.